The number of nitrogens with zero attached hydrogens (tertiary/aromatic N) is 1. The molecular formula is C12H24N2O2. The molecule has 94 valence electrons. The molecular weight excluding hydrogens is 204 g/mol. The van der Waals surface area contributed by atoms with E-state index in [0.29, 0.717) is 6.54 Å². The maximum absolute atomic E-state index is 11.7. The first-order valence-corrected chi connectivity index (χ1v) is 5.99. The van der Waals surface area contributed by atoms with Gasteiger partial charge in [-0.3, -0.25) is 9.69 Å². The lowest BCUT2D eigenvalue weighted by molar-refractivity contribution is -0.124. The third kappa shape index (κ3) is 4.49. The Balaban J connectivity index is 2.35. The molecule has 0 saturated carbocycles. The number of amides is 1. The van der Waals surface area contributed by atoms with Crippen LogP contribution >= 0.6 is 0 Å². The smallest absolute Gasteiger partial charge is 0.234 e. The maximum atomic E-state index is 11.7. The molecule has 0 aromatic heterocycles. The Labute approximate surface area is 98.0 Å². The topological polar surface area (TPSA) is 52.6 Å². The van der Waals surface area contributed by atoms with Crippen LogP contribution in [0.1, 0.15) is 34.1 Å². The molecule has 0 spiro atoms. The van der Waals surface area contributed by atoms with Gasteiger partial charge >= 0.3 is 0 Å². The average Bonchev–Trinajstić information content (AvgIpc) is 2.08. The first kappa shape index (κ1) is 13.5. The summed E-state index contributed by atoms with van der Waals surface area (Å²) in [7, 11) is 0. The van der Waals surface area contributed by atoms with E-state index in [2.05, 4.69) is 10.2 Å². The second-order valence-electron chi connectivity index (χ2n) is 5.87. The van der Waals surface area contributed by atoms with Crippen LogP contribution in [0.2, 0.25) is 0 Å². The summed E-state index contributed by atoms with van der Waals surface area (Å²) in [6.07, 6.45) is 0.561. The molecule has 0 bridgehead atoms. The molecule has 4 heteroatoms. The van der Waals surface area contributed by atoms with Crippen molar-refractivity contribution in [1.29, 1.82) is 0 Å². The fraction of sp³-hybridized carbons (Fsp3) is 0.917. The Morgan fingerprint density at radius 2 is 2.12 bits per heavy atom. The van der Waals surface area contributed by atoms with E-state index >= 15 is 0 Å². The Morgan fingerprint density at radius 3 is 2.62 bits per heavy atom. The van der Waals surface area contributed by atoms with Gasteiger partial charge in [0.25, 0.3) is 0 Å². The third-order valence-electron chi connectivity index (χ3n) is 2.83. The Bertz CT molecular complexity index is 248. The Morgan fingerprint density at radius 1 is 1.50 bits per heavy atom. The van der Waals surface area contributed by atoms with Crippen molar-refractivity contribution in [1.82, 2.24) is 10.2 Å². The van der Waals surface area contributed by atoms with Crippen molar-refractivity contribution < 1.29 is 9.90 Å². The molecule has 2 unspecified atom stereocenters. The van der Waals surface area contributed by atoms with Gasteiger partial charge in [0.1, 0.15) is 0 Å². The molecule has 1 fully saturated rings. The van der Waals surface area contributed by atoms with Crippen molar-refractivity contribution in [3.05, 3.63) is 0 Å². The lowest BCUT2D eigenvalue weighted by Gasteiger charge is -2.34. The summed E-state index contributed by atoms with van der Waals surface area (Å²) in [5.74, 6) is 0.326. The predicted molar refractivity (Wildman–Crippen MR) is 64.1 cm³/mol. The molecule has 0 radical (unpaired) electrons. The second-order valence-corrected chi connectivity index (χ2v) is 5.87. The van der Waals surface area contributed by atoms with E-state index in [4.69, 9.17) is 0 Å². The second kappa shape index (κ2) is 5.15. The zero-order valence-corrected chi connectivity index (χ0v) is 10.8. The molecule has 1 aliphatic rings. The average molecular weight is 228 g/mol. The number of piperidine rings is 1. The van der Waals surface area contributed by atoms with Gasteiger partial charge in [-0.2, -0.15) is 0 Å². The van der Waals surface area contributed by atoms with E-state index in [1.165, 1.54) is 0 Å². The number of rotatable bonds is 2. The number of nitrogens with one attached hydrogen (secondary N) is 1. The van der Waals surface area contributed by atoms with Crippen molar-refractivity contribution >= 4 is 5.91 Å². The van der Waals surface area contributed by atoms with Crippen LogP contribution in [-0.4, -0.2) is 47.2 Å². The van der Waals surface area contributed by atoms with Crippen LogP contribution in [0, 0.1) is 5.92 Å². The van der Waals surface area contributed by atoms with Crippen LogP contribution < -0.4 is 5.32 Å². The van der Waals surface area contributed by atoms with Crippen LogP contribution in [-0.2, 0) is 4.79 Å². The minimum absolute atomic E-state index is 0.0658. The van der Waals surface area contributed by atoms with Gasteiger partial charge in [0, 0.05) is 18.6 Å². The van der Waals surface area contributed by atoms with E-state index in [0.717, 1.165) is 19.5 Å². The number of carbonyl (C=O) groups excluding carboxylic acids is 1. The zero-order valence-electron chi connectivity index (χ0n) is 10.8. The molecule has 16 heavy (non-hydrogen) atoms. The van der Waals surface area contributed by atoms with E-state index < -0.39 is 0 Å². The Kier molecular flexibility index (Phi) is 4.33. The van der Waals surface area contributed by atoms with Crippen molar-refractivity contribution in [3.8, 4) is 0 Å². The van der Waals surface area contributed by atoms with Gasteiger partial charge in [-0.1, -0.05) is 6.92 Å². The zero-order chi connectivity index (χ0) is 12.3. The molecule has 1 amide bonds. The highest BCUT2D eigenvalue weighted by Crippen LogP contribution is 2.16. The number of hydrogen-bond acceptors (Lipinski definition) is 3. The summed E-state index contributed by atoms with van der Waals surface area (Å²) in [5, 5.41) is 12.5. The summed E-state index contributed by atoms with van der Waals surface area (Å²) in [6, 6.07) is 0. The number of aliphatic hydroxyl groups excluding tert-OH is 1. The van der Waals surface area contributed by atoms with Gasteiger partial charge < -0.3 is 10.4 Å². The van der Waals surface area contributed by atoms with E-state index in [1.807, 2.05) is 27.7 Å². The lowest BCUT2D eigenvalue weighted by atomic mass is 9.97. The molecule has 0 aromatic rings. The van der Waals surface area contributed by atoms with Crippen LogP contribution in [0.25, 0.3) is 0 Å². The fourth-order valence-corrected chi connectivity index (χ4v) is 2.02. The fourth-order valence-electron chi connectivity index (χ4n) is 2.02. The van der Waals surface area contributed by atoms with Gasteiger partial charge in [-0.25, -0.2) is 0 Å². The molecule has 0 aliphatic carbocycles. The Hall–Kier alpha value is -0.610. The summed E-state index contributed by atoms with van der Waals surface area (Å²) in [6.45, 7) is 10.0. The van der Waals surface area contributed by atoms with Crippen LogP contribution in [0.5, 0.6) is 0 Å². The van der Waals surface area contributed by atoms with Gasteiger partial charge in [-0.15, -0.1) is 0 Å². The largest absolute Gasteiger partial charge is 0.393 e. The monoisotopic (exact) mass is 228 g/mol. The quantitative estimate of drug-likeness (QED) is 0.728. The van der Waals surface area contributed by atoms with Gasteiger partial charge in [-0.05, 0) is 33.1 Å². The van der Waals surface area contributed by atoms with Crippen LogP contribution in [0.3, 0.4) is 0 Å². The molecule has 1 saturated heterocycles. The normalized spacial score (nSPS) is 27.8. The summed E-state index contributed by atoms with van der Waals surface area (Å²) >= 11 is 0. The third-order valence-corrected chi connectivity index (χ3v) is 2.83. The summed E-state index contributed by atoms with van der Waals surface area (Å²) in [4.78, 5) is 13.8. The van der Waals surface area contributed by atoms with Crippen LogP contribution in [0.4, 0.5) is 0 Å². The highest BCUT2D eigenvalue weighted by atomic mass is 16.3. The van der Waals surface area contributed by atoms with E-state index in [9.17, 15) is 9.90 Å². The van der Waals surface area contributed by atoms with Crippen molar-refractivity contribution in [2.45, 2.75) is 45.8 Å². The minimum Gasteiger partial charge on any atom is -0.393 e. The summed E-state index contributed by atoms with van der Waals surface area (Å²) in [5.41, 5.74) is -0.169. The first-order chi connectivity index (χ1) is 7.28. The maximum Gasteiger partial charge on any atom is 0.234 e. The minimum atomic E-state index is -0.207. The number of carbonyl (C=O) groups is 1. The molecule has 1 heterocycles. The molecule has 2 N–H and O–H groups in total. The molecule has 1 rings (SSSR count). The van der Waals surface area contributed by atoms with E-state index in [1.54, 1.807) is 0 Å². The first-order valence-electron chi connectivity index (χ1n) is 5.99. The number of hydrogen-bond donors (Lipinski definition) is 2. The highest BCUT2D eigenvalue weighted by molar-refractivity contribution is 5.78. The standard InChI is InChI=1S/C12H24N2O2/c1-9-7-14(6-5-10(9)15)8-11(16)13-12(2,3)4/h9-10,15H,5-8H2,1-4H3,(H,13,16). The van der Waals surface area contributed by atoms with Crippen molar-refractivity contribution in [2.24, 2.45) is 5.92 Å². The van der Waals surface area contributed by atoms with Crippen molar-refractivity contribution in [2.75, 3.05) is 19.6 Å². The SMILES string of the molecule is CC1CN(CC(=O)NC(C)(C)C)CCC1O. The van der Waals surface area contributed by atoms with Gasteiger partial charge in [0.05, 0.1) is 12.6 Å². The van der Waals surface area contributed by atoms with E-state index in [-0.39, 0.29) is 23.5 Å². The van der Waals surface area contributed by atoms with Gasteiger partial charge in [0.2, 0.25) is 5.91 Å². The van der Waals surface area contributed by atoms with Gasteiger partial charge in [0.15, 0.2) is 0 Å². The molecule has 1 aliphatic heterocycles. The predicted octanol–water partition coefficient (Wildman–Crippen LogP) is 0.604. The summed E-state index contributed by atoms with van der Waals surface area (Å²) < 4.78 is 0. The molecule has 4 nitrogen and oxygen atoms in total. The lowest BCUT2D eigenvalue weighted by Crippen LogP contribution is -2.49. The number of aliphatic hydroxyl groups is 1. The highest BCUT2D eigenvalue weighted by Gasteiger charge is 2.26. The number of likely N-dealkylation sites (tertiary alicyclic amines) is 1. The van der Waals surface area contributed by atoms with Crippen LogP contribution in [0.15, 0.2) is 0 Å². The molecule has 0 aromatic carbocycles. The molecule has 2 atom stereocenters. The van der Waals surface area contributed by atoms with Crippen molar-refractivity contribution in [3.63, 3.8) is 0 Å².